The van der Waals surface area contributed by atoms with Gasteiger partial charge in [-0.15, -0.1) is 0 Å². The van der Waals surface area contributed by atoms with Gasteiger partial charge in [0.25, 0.3) is 5.91 Å². The van der Waals surface area contributed by atoms with Crippen LogP contribution in [-0.2, 0) is 17.6 Å². The largest absolute Gasteiger partial charge is 0.322 e. The zero-order valence-electron chi connectivity index (χ0n) is 13.5. The summed E-state index contributed by atoms with van der Waals surface area (Å²) in [5, 5.41) is 2.99. The van der Waals surface area contributed by atoms with Crippen LogP contribution in [0.25, 0.3) is 0 Å². The molecule has 2 aliphatic rings. The van der Waals surface area contributed by atoms with Crippen molar-refractivity contribution in [3.63, 3.8) is 0 Å². The highest BCUT2D eigenvalue weighted by Crippen LogP contribution is 2.28. The molecule has 4 nitrogen and oxygen atoms in total. The quantitative estimate of drug-likeness (QED) is 0.940. The van der Waals surface area contributed by atoms with Crippen LogP contribution in [0.4, 0.5) is 11.4 Å². The Morgan fingerprint density at radius 1 is 0.958 bits per heavy atom. The van der Waals surface area contributed by atoms with Gasteiger partial charge >= 0.3 is 0 Å². The van der Waals surface area contributed by atoms with E-state index < -0.39 is 0 Å². The van der Waals surface area contributed by atoms with E-state index in [1.807, 2.05) is 24.3 Å². The summed E-state index contributed by atoms with van der Waals surface area (Å²) < 4.78 is 0. The topological polar surface area (TPSA) is 49.4 Å². The summed E-state index contributed by atoms with van der Waals surface area (Å²) in [6, 6.07) is 13.5. The Labute approximate surface area is 141 Å². The zero-order chi connectivity index (χ0) is 16.5. The molecule has 0 radical (unpaired) electrons. The third-order valence-electron chi connectivity index (χ3n) is 4.87. The lowest BCUT2D eigenvalue weighted by Gasteiger charge is -2.19. The van der Waals surface area contributed by atoms with Crippen molar-refractivity contribution in [3.05, 3.63) is 59.2 Å². The zero-order valence-corrected chi connectivity index (χ0v) is 13.5. The first kappa shape index (κ1) is 14.9. The summed E-state index contributed by atoms with van der Waals surface area (Å²) in [5.41, 5.74) is 4.79. The van der Waals surface area contributed by atoms with Crippen LogP contribution in [0.1, 0.15) is 40.7 Å². The monoisotopic (exact) mass is 320 g/mol. The van der Waals surface area contributed by atoms with E-state index in [4.69, 9.17) is 0 Å². The van der Waals surface area contributed by atoms with Gasteiger partial charge in [0.15, 0.2) is 0 Å². The van der Waals surface area contributed by atoms with Gasteiger partial charge in [0.2, 0.25) is 5.91 Å². The van der Waals surface area contributed by atoms with Crippen molar-refractivity contribution >= 4 is 23.2 Å². The Morgan fingerprint density at radius 3 is 2.62 bits per heavy atom. The van der Waals surface area contributed by atoms with Crippen LogP contribution in [-0.4, -0.2) is 18.4 Å². The molecule has 1 aliphatic carbocycles. The summed E-state index contributed by atoms with van der Waals surface area (Å²) in [5.74, 6) is -0.0731. The number of aryl methyl sites for hydroxylation is 2. The maximum Gasteiger partial charge on any atom is 0.257 e. The van der Waals surface area contributed by atoms with Gasteiger partial charge in [-0.25, -0.2) is 0 Å². The lowest BCUT2D eigenvalue weighted by atomic mass is 10.1. The molecule has 1 N–H and O–H groups in total. The molecule has 2 aromatic rings. The standard InChI is InChI=1S/C20H20N2O2/c23-19-9-4-12-22(19)18-8-2-1-7-17(18)20(24)21-16-11-10-14-5-3-6-15(14)13-16/h1-2,7-8,10-11,13H,3-6,9,12H2,(H,21,24). The van der Waals surface area contributed by atoms with E-state index in [2.05, 4.69) is 17.4 Å². The molecule has 2 amide bonds. The van der Waals surface area contributed by atoms with Crippen LogP contribution < -0.4 is 10.2 Å². The van der Waals surface area contributed by atoms with Gasteiger partial charge in [-0.3, -0.25) is 9.59 Å². The van der Waals surface area contributed by atoms with Crippen LogP contribution in [0.15, 0.2) is 42.5 Å². The van der Waals surface area contributed by atoms with Crippen molar-refractivity contribution in [1.82, 2.24) is 0 Å². The number of rotatable bonds is 3. The minimum Gasteiger partial charge on any atom is -0.322 e. The number of fused-ring (bicyclic) bond motifs is 1. The summed E-state index contributed by atoms with van der Waals surface area (Å²) >= 11 is 0. The van der Waals surface area contributed by atoms with Crippen LogP contribution >= 0.6 is 0 Å². The average Bonchev–Trinajstić information content (AvgIpc) is 3.23. The van der Waals surface area contributed by atoms with Crippen LogP contribution in [0.3, 0.4) is 0 Å². The molecule has 0 bridgehead atoms. The average molecular weight is 320 g/mol. The number of hydrogen-bond acceptors (Lipinski definition) is 2. The summed E-state index contributed by atoms with van der Waals surface area (Å²) in [6.45, 7) is 0.683. The molecular weight excluding hydrogens is 300 g/mol. The predicted octanol–water partition coefficient (Wildman–Crippen LogP) is 3.55. The van der Waals surface area contributed by atoms with Crippen molar-refractivity contribution in [2.45, 2.75) is 32.1 Å². The Hall–Kier alpha value is -2.62. The summed E-state index contributed by atoms with van der Waals surface area (Å²) in [7, 11) is 0. The van der Waals surface area contributed by atoms with E-state index in [9.17, 15) is 9.59 Å². The van der Waals surface area contributed by atoms with Gasteiger partial charge in [0.05, 0.1) is 11.3 Å². The van der Waals surface area contributed by atoms with Gasteiger partial charge in [0, 0.05) is 18.7 Å². The summed E-state index contributed by atoms with van der Waals surface area (Å²) in [4.78, 5) is 26.5. The van der Waals surface area contributed by atoms with Crippen molar-refractivity contribution in [2.75, 3.05) is 16.8 Å². The van der Waals surface area contributed by atoms with E-state index >= 15 is 0 Å². The minimum atomic E-state index is -0.164. The van der Waals surface area contributed by atoms with Gasteiger partial charge in [-0.1, -0.05) is 18.2 Å². The number of anilines is 2. The van der Waals surface area contributed by atoms with Gasteiger partial charge in [-0.05, 0) is 61.1 Å². The lowest BCUT2D eigenvalue weighted by Crippen LogP contribution is -2.27. The number of hydrogen-bond donors (Lipinski definition) is 1. The second kappa shape index (κ2) is 6.11. The highest BCUT2D eigenvalue weighted by molar-refractivity contribution is 6.11. The van der Waals surface area contributed by atoms with Gasteiger partial charge < -0.3 is 10.2 Å². The van der Waals surface area contributed by atoms with E-state index in [1.54, 1.807) is 11.0 Å². The number of amides is 2. The van der Waals surface area contributed by atoms with E-state index in [0.29, 0.717) is 24.2 Å². The fourth-order valence-electron chi connectivity index (χ4n) is 3.65. The highest BCUT2D eigenvalue weighted by Gasteiger charge is 2.25. The first-order valence-electron chi connectivity index (χ1n) is 8.55. The van der Waals surface area contributed by atoms with Crippen molar-refractivity contribution in [3.8, 4) is 0 Å². The second-order valence-electron chi connectivity index (χ2n) is 6.46. The lowest BCUT2D eigenvalue weighted by molar-refractivity contribution is -0.117. The van der Waals surface area contributed by atoms with Crippen molar-refractivity contribution in [1.29, 1.82) is 0 Å². The first-order chi connectivity index (χ1) is 11.7. The molecule has 0 spiro atoms. The number of carbonyl (C=O) groups is 2. The fourth-order valence-corrected chi connectivity index (χ4v) is 3.65. The molecule has 0 unspecified atom stereocenters. The number of nitrogens with one attached hydrogen (secondary N) is 1. The molecule has 4 heteroatoms. The number of carbonyl (C=O) groups excluding carboxylic acids is 2. The molecule has 1 aliphatic heterocycles. The first-order valence-corrected chi connectivity index (χ1v) is 8.55. The molecule has 0 aromatic heterocycles. The van der Waals surface area contributed by atoms with Crippen molar-refractivity contribution < 1.29 is 9.59 Å². The summed E-state index contributed by atoms with van der Waals surface area (Å²) in [6.07, 6.45) is 4.80. The molecule has 2 aromatic carbocycles. The third kappa shape index (κ3) is 2.68. The van der Waals surface area contributed by atoms with Crippen LogP contribution in [0.5, 0.6) is 0 Å². The highest BCUT2D eigenvalue weighted by atomic mass is 16.2. The Balaban J connectivity index is 1.60. The van der Waals surface area contributed by atoms with E-state index in [-0.39, 0.29) is 11.8 Å². The molecule has 4 rings (SSSR count). The molecule has 24 heavy (non-hydrogen) atoms. The number of benzene rings is 2. The number of para-hydroxylation sites is 1. The Morgan fingerprint density at radius 2 is 1.79 bits per heavy atom. The molecule has 0 atom stereocenters. The molecule has 1 saturated heterocycles. The third-order valence-corrected chi connectivity index (χ3v) is 4.87. The predicted molar refractivity (Wildman–Crippen MR) is 94.4 cm³/mol. The maximum atomic E-state index is 12.7. The number of nitrogens with zero attached hydrogens (tertiary/aromatic N) is 1. The molecule has 122 valence electrons. The minimum absolute atomic E-state index is 0.0905. The second-order valence-corrected chi connectivity index (χ2v) is 6.46. The van der Waals surface area contributed by atoms with E-state index in [0.717, 1.165) is 24.9 Å². The SMILES string of the molecule is O=C(Nc1ccc2c(c1)CCC2)c1ccccc1N1CCCC1=O. The maximum absolute atomic E-state index is 12.7. The van der Waals surface area contributed by atoms with Crippen LogP contribution in [0, 0.1) is 0 Å². The molecule has 0 saturated carbocycles. The molecule has 1 heterocycles. The fraction of sp³-hybridized carbons (Fsp3) is 0.300. The molecule has 1 fully saturated rings. The van der Waals surface area contributed by atoms with Crippen LogP contribution in [0.2, 0.25) is 0 Å². The smallest absolute Gasteiger partial charge is 0.257 e. The molecular formula is C20H20N2O2. The van der Waals surface area contributed by atoms with Gasteiger partial charge in [-0.2, -0.15) is 0 Å². The Bertz CT molecular complexity index is 813. The van der Waals surface area contributed by atoms with Crippen molar-refractivity contribution in [2.24, 2.45) is 0 Å². The van der Waals surface area contributed by atoms with E-state index in [1.165, 1.54) is 17.5 Å². The Kier molecular flexibility index (Phi) is 3.81. The normalized spacial score (nSPS) is 16.3. The van der Waals surface area contributed by atoms with Gasteiger partial charge in [0.1, 0.15) is 0 Å².